The zero-order chi connectivity index (χ0) is 26.8. The average molecular weight is 519 g/mol. The number of hydrogen-bond acceptors (Lipinski definition) is 9. The van der Waals surface area contributed by atoms with Crippen molar-refractivity contribution in [3.05, 3.63) is 96.3 Å². The molecule has 4 aromatic heterocycles. The highest BCUT2D eigenvalue weighted by Gasteiger charge is 2.27. The summed E-state index contributed by atoms with van der Waals surface area (Å²) in [7, 11) is 0. The molecule has 39 heavy (non-hydrogen) atoms. The molecule has 10 nitrogen and oxygen atoms in total. The molecule has 1 aromatic carbocycles. The van der Waals surface area contributed by atoms with E-state index < -0.39 is 0 Å². The molecule has 0 spiro atoms. The Morgan fingerprint density at radius 2 is 1.59 bits per heavy atom. The van der Waals surface area contributed by atoms with Crippen LogP contribution in [0.15, 0.2) is 95.3 Å². The molecule has 1 saturated heterocycles. The van der Waals surface area contributed by atoms with Crippen LogP contribution in [-0.2, 0) is 0 Å². The summed E-state index contributed by atoms with van der Waals surface area (Å²) < 4.78 is 6.95. The van der Waals surface area contributed by atoms with Gasteiger partial charge in [0.1, 0.15) is 0 Å². The zero-order valence-electron chi connectivity index (χ0n) is 21.4. The van der Waals surface area contributed by atoms with Crippen molar-refractivity contribution in [2.24, 2.45) is 0 Å². The maximum Gasteiger partial charge on any atom is 0.259 e. The molecule has 0 amide bonds. The molecule has 10 heteroatoms. The van der Waals surface area contributed by atoms with Crippen LogP contribution in [0.25, 0.3) is 40.3 Å². The van der Waals surface area contributed by atoms with Gasteiger partial charge in [-0.05, 0) is 55.5 Å². The van der Waals surface area contributed by atoms with Crippen LogP contribution in [-0.4, -0.2) is 55.3 Å². The molecule has 0 saturated carbocycles. The van der Waals surface area contributed by atoms with E-state index in [-0.39, 0.29) is 11.6 Å². The van der Waals surface area contributed by atoms with Gasteiger partial charge in [0.05, 0.1) is 5.69 Å². The zero-order valence-corrected chi connectivity index (χ0v) is 21.4. The molecule has 0 radical (unpaired) electrons. The van der Waals surface area contributed by atoms with E-state index in [1.54, 1.807) is 24.8 Å². The van der Waals surface area contributed by atoms with Crippen molar-refractivity contribution in [1.29, 1.82) is 0 Å². The van der Waals surface area contributed by atoms with Crippen LogP contribution in [0.3, 0.4) is 0 Å². The molecular formula is C29H26N8O2. The predicted molar refractivity (Wildman–Crippen MR) is 150 cm³/mol. The molecular weight excluding hydrogens is 492 g/mol. The first kappa shape index (κ1) is 24.2. The third-order valence-corrected chi connectivity index (χ3v) is 6.82. The number of hydrogen-bond donors (Lipinski definition) is 0. The standard InChI is InChI=1S/C29H26N8O2/c1-3-36-26(38)18-25(21-8-12-30-13-9-21)32-29(36)37-17-16-35(19-20(37)2)24-6-4-22(5-7-24)27-33-28(39-34-27)23-10-14-31-15-11-23/h3-15,18,20H,1,16-17,19H2,2H3/t20-/m1/s1. The van der Waals surface area contributed by atoms with Crippen molar-refractivity contribution in [3.8, 4) is 34.1 Å². The van der Waals surface area contributed by atoms with E-state index in [1.807, 2.05) is 36.4 Å². The van der Waals surface area contributed by atoms with Crippen LogP contribution in [0.4, 0.5) is 11.6 Å². The van der Waals surface area contributed by atoms with Gasteiger partial charge in [-0.25, -0.2) is 4.98 Å². The van der Waals surface area contributed by atoms with Crippen LogP contribution >= 0.6 is 0 Å². The minimum absolute atomic E-state index is 0.101. The third-order valence-electron chi connectivity index (χ3n) is 6.82. The molecule has 0 bridgehead atoms. The lowest BCUT2D eigenvalue weighted by Crippen LogP contribution is -2.53. The number of pyridine rings is 2. The van der Waals surface area contributed by atoms with Crippen molar-refractivity contribution in [1.82, 2.24) is 29.7 Å². The highest BCUT2D eigenvalue weighted by molar-refractivity contribution is 5.64. The van der Waals surface area contributed by atoms with E-state index in [0.717, 1.165) is 35.5 Å². The molecule has 5 aromatic rings. The molecule has 1 fully saturated rings. The minimum atomic E-state index is -0.166. The average Bonchev–Trinajstić information content (AvgIpc) is 3.48. The van der Waals surface area contributed by atoms with Crippen LogP contribution in [0, 0.1) is 0 Å². The summed E-state index contributed by atoms with van der Waals surface area (Å²) in [6.45, 7) is 8.21. The highest BCUT2D eigenvalue weighted by Crippen LogP contribution is 2.27. The Morgan fingerprint density at radius 1 is 0.897 bits per heavy atom. The van der Waals surface area contributed by atoms with Crippen LogP contribution in [0.5, 0.6) is 0 Å². The quantitative estimate of drug-likeness (QED) is 0.326. The van der Waals surface area contributed by atoms with Gasteiger partial charge in [0.25, 0.3) is 11.4 Å². The second-order valence-electron chi connectivity index (χ2n) is 9.26. The second-order valence-corrected chi connectivity index (χ2v) is 9.26. The largest absolute Gasteiger partial charge is 0.368 e. The van der Waals surface area contributed by atoms with Gasteiger partial charge >= 0.3 is 0 Å². The monoisotopic (exact) mass is 518 g/mol. The van der Waals surface area contributed by atoms with Gasteiger partial charge in [0.2, 0.25) is 11.8 Å². The van der Waals surface area contributed by atoms with Crippen molar-refractivity contribution in [3.63, 3.8) is 0 Å². The van der Waals surface area contributed by atoms with E-state index in [0.29, 0.717) is 29.9 Å². The molecule has 0 aliphatic carbocycles. The van der Waals surface area contributed by atoms with E-state index >= 15 is 0 Å². The Labute approximate surface area is 224 Å². The van der Waals surface area contributed by atoms with Crippen LogP contribution < -0.4 is 15.4 Å². The molecule has 194 valence electrons. The van der Waals surface area contributed by atoms with E-state index in [4.69, 9.17) is 9.51 Å². The Hall–Kier alpha value is -5.12. The first-order valence-corrected chi connectivity index (χ1v) is 12.6. The van der Waals surface area contributed by atoms with Crippen molar-refractivity contribution < 1.29 is 4.52 Å². The van der Waals surface area contributed by atoms with Gasteiger partial charge in [-0.2, -0.15) is 4.98 Å². The van der Waals surface area contributed by atoms with Crippen molar-refractivity contribution in [2.75, 3.05) is 29.4 Å². The topological polar surface area (TPSA) is 106 Å². The molecule has 0 unspecified atom stereocenters. The second kappa shape index (κ2) is 10.3. The predicted octanol–water partition coefficient (Wildman–Crippen LogP) is 4.23. The molecule has 1 aliphatic rings. The number of aromatic nitrogens is 6. The number of rotatable bonds is 6. The van der Waals surface area contributed by atoms with Gasteiger partial charge in [-0.15, -0.1) is 0 Å². The summed E-state index contributed by atoms with van der Waals surface area (Å²) in [5, 5.41) is 4.14. The highest BCUT2D eigenvalue weighted by atomic mass is 16.5. The fourth-order valence-corrected chi connectivity index (χ4v) is 4.79. The summed E-state index contributed by atoms with van der Waals surface area (Å²) in [4.78, 5) is 34.9. The Bertz CT molecular complexity index is 1650. The SMILES string of the molecule is C=Cn1c(N2CCN(c3ccc(-c4noc(-c5ccncc5)n4)cc3)C[C@H]2C)nc(-c2ccncc2)cc1=O. The van der Waals surface area contributed by atoms with Crippen LogP contribution in [0.2, 0.25) is 0 Å². The lowest BCUT2D eigenvalue weighted by molar-refractivity contribution is 0.432. The lowest BCUT2D eigenvalue weighted by atomic mass is 10.1. The first-order chi connectivity index (χ1) is 19.1. The summed E-state index contributed by atoms with van der Waals surface area (Å²) in [6, 6.07) is 17.2. The van der Waals surface area contributed by atoms with E-state index in [9.17, 15) is 4.79 Å². The number of nitrogens with zero attached hydrogens (tertiary/aromatic N) is 8. The van der Waals surface area contributed by atoms with Crippen molar-refractivity contribution in [2.45, 2.75) is 13.0 Å². The Balaban J connectivity index is 1.20. The molecule has 5 heterocycles. The first-order valence-electron chi connectivity index (χ1n) is 12.6. The summed E-state index contributed by atoms with van der Waals surface area (Å²) >= 11 is 0. The molecule has 6 rings (SSSR count). The van der Waals surface area contributed by atoms with Gasteiger partial charge in [-0.1, -0.05) is 11.7 Å². The Kier molecular flexibility index (Phi) is 6.42. The molecule has 1 aliphatic heterocycles. The number of anilines is 2. The fourth-order valence-electron chi connectivity index (χ4n) is 4.79. The number of benzene rings is 1. The van der Waals surface area contributed by atoms with Gasteiger partial charge in [0, 0.05) is 85.1 Å². The van der Waals surface area contributed by atoms with Crippen molar-refractivity contribution >= 4 is 17.8 Å². The lowest BCUT2D eigenvalue weighted by Gasteiger charge is -2.42. The summed E-state index contributed by atoms with van der Waals surface area (Å²) in [6.07, 6.45) is 8.30. The van der Waals surface area contributed by atoms with Crippen LogP contribution in [0.1, 0.15) is 6.92 Å². The molecule has 0 N–H and O–H groups in total. The van der Waals surface area contributed by atoms with Gasteiger partial charge in [-0.3, -0.25) is 19.3 Å². The van der Waals surface area contributed by atoms with Gasteiger partial charge < -0.3 is 14.3 Å². The van der Waals surface area contributed by atoms with E-state index in [2.05, 4.69) is 55.5 Å². The number of piperazine rings is 1. The summed E-state index contributed by atoms with van der Waals surface area (Å²) in [5.74, 6) is 1.59. The molecule has 1 atom stereocenters. The smallest absolute Gasteiger partial charge is 0.259 e. The maximum absolute atomic E-state index is 12.9. The normalized spacial score (nSPS) is 15.4. The summed E-state index contributed by atoms with van der Waals surface area (Å²) in [5.41, 5.74) is 4.11. The van der Waals surface area contributed by atoms with E-state index in [1.165, 1.54) is 16.8 Å². The third kappa shape index (κ3) is 4.79. The maximum atomic E-state index is 12.9. The minimum Gasteiger partial charge on any atom is -0.368 e. The Morgan fingerprint density at radius 3 is 2.26 bits per heavy atom. The van der Waals surface area contributed by atoms with Gasteiger partial charge in [0.15, 0.2) is 0 Å². The fraction of sp³-hybridized carbons (Fsp3) is 0.172.